The predicted octanol–water partition coefficient (Wildman–Crippen LogP) is 3.59. The highest BCUT2D eigenvalue weighted by molar-refractivity contribution is 7.11. The first-order valence-corrected chi connectivity index (χ1v) is 9.93. The minimum absolute atomic E-state index is 0.133. The van der Waals surface area contributed by atoms with Gasteiger partial charge in [-0.1, -0.05) is 12.1 Å². The van der Waals surface area contributed by atoms with Crippen molar-refractivity contribution < 1.29 is 9.53 Å². The number of nitrogens with one attached hydrogen (secondary N) is 2. The Hall–Kier alpha value is -3.27. The monoisotopic (exact) mass is 414 g/mol. The number of anilines is 2. The van der Waals surface area contributed by atoms with Gasteiger partial charge in [0.05, 0.1) is 34.5 Å². The molecule has 0 aliphatic carbocycles. The number of carbonyl (C=O) groups excluding carboxylic acids is 1. The van der Waals surface area contributed by atoms with Gasteiger partial charge in [0.25, 0.3) is 5.56 Å². The summed E-state index contributed by atoms with van der Waals surface area (Å²) >= 11 is 1.15. The molecule has 29 heavy (non-hydrogen) atoms. The lowest BCUT2D eigenvalue weighted by Gasteiger charge is -2.11. The van der Waals surface area contributed by atoms with Crippen LogP contribution < -0.4 is 16.3 Å². The molecule has 0 fully saturated rings. The minimum Gasteiger partial charge on any atom is -0.450 e. The number of amides is 1. The van der Waals surface area contributed by atoms with Gasteiger partial charge in [0, 0.05) is 6.54 Å². The van der Waals surface area contributed by atoms with Gasteiger partial charge in [0.2, 0.25) is 5.95 Å². The van der Waals surface area contributed by atoms with Gasteiger partial charge in [0.1, 0.15) is 5.00 Å². The molecule has 0 spiro atoms. The average molecular weight is 414 g/mol. The largest absolute Gasteiger partial charge is 0.450 e. The number of carbonyl (C=O) groups is 1. The van der Waals surface area contributed by atoms with E-state index in [9.17, 15) is 9.59 Å². The first-order chi connectivity index (χ1) is 14.0. The second kappa shape index (κ2) is 8.82. The van der Waals surface area contributed by atoms with Crippen molar-refractivity contribution in [2.75, 3.05) is 17.3 Å². The second-order valence-electron chi connectivity index (χ2n) is 6.13. The van der Waals surface area contributed by atoms with Gasteiger partial charge < -0.3 is 4.74 Å². The quantitative estimate of drug-likeness (QED) is 0.471. The Morgan fingerprint density at radius 1 is 1.31 bits per heavy atom. The molecule has 0 saturated carbocycles. The third-order valence-electron chi connectivity index (χ3n) is 4.22. The van der Waals surface area contributed by atoms with Gasteiger partial charge >= 0.3 is 6.09 Å². The molecule has 3 aromatic rings. The molecule has 2 aromatic heterocycles. The van der Waals surface area contributed by atoms with E-state index in [1.165, 1.54) is 4.57 Å². The molecule has 0 unspecified atom stereocenters. The van der Waals surface area contributed by atoms with Crippen LogP contribution in [0, 0.1) is 6.92 Å². The average Bonchev–Trinajstić information content (AvgIpc) is 3.06. The fourth-order valence-electron chi connectivity index (χ4n) is 2.88. The molecule has 3 rings (SSSR count). The maximum Gasteiger partial charge on any atom is 0.412 e. The van der Waals surface area contributed by atoms with Crippen molar-refractivity contribution in [1.82, 2.24) is 13.9 Å². The zero-order chi connectivity index (χ0) is 21.0. The van der Waals surface area contributed by atoms with Gasteiger partial charge in [-0.25, -0.2) is 15.2 Å². The molecule has 152 valence electrons. The number of benzene rings is 1. The van der Waals surface area contributed by atoms with Crippen LogP contribution in [0.5, 0.6) is 0 Å². The highest BCUT2D eigenvalue weighted by Crippen LogP contribution is 2.25. The Bertz CT molecular complexity index is 1130. The van der Waals surface area contributed by atoms with E-state index in [0.29, 0.717) is 39.7 Å². The summed E-state index contributed by atoms with van der Waals surface area (Å²) in [5, 5.41) is 8.17. The Labute approximate surface area is 171 Å². The lowest BCUT2D eigenvalue weighted by Crippen LogP contribution is -2.23. The van der Waals surface area contributed by atoms with Crippen LogP contribution in [0.3, 0.4) is 0 Å². The zero-order valence-corrected chi connectivity index (χ0v) is 17.5. The van der Waals surface area contributed by atoms with Crippen molar-refractivity contribution in [1.29, 1.82) is 0 Å². The standard InChI is InChI=1S/C19H22N6O3S/c1-5-25-17(26)13-9-7-8-10-14(13)20-18(25)23-22-11(3)15-12(4)24-29-16(15)21-19(27)28-6-2/h7-10H,5-6H2,1-4H3,(H,20,23)(H,21,27)/b22-11+. The molecule has 9 nitrogen and oxygen atoms in total. The van der Waals surface area contributed by atoms with Crippen LogP contribution in [0.2, 0.25) is 0 Å². The zero-order valence-electron chi connectivity index (χ0n) is 16.6. The molecular formula is C19H22N6O3S. The van der Waals surface area contributed by atoms with E-state index in [-0.39, 0.29) is 12.2 Å². The third-order valence-corrected chi connectivity index (χ3v) is 5.07. The number of ether oxygens (including phenoxy) is 1. The molecule has 2 N–H and O–H groups in total. The number of hydrogen-bond donors (Lipinski definition) is 2. The van der Waals surface area contributed by atoms with Gasteiger partial charge in [-0.3, -0.25) is 14.7 Å². The summed E-state index contributed by atoms with van der Waals surface area (Å²) in [6.07, 6.45) is -0.547. The van der Waals surface area contributed by atoms with Crippen molar-refractivity contribution in [3.05, 3.63) is 45.9 Å². The third kappa shape index (κ3) is 4.27. The number of hydrazone groups is 1. The molecule has 0 aliphatic heterocycles. The Morgan fingerprint density at radius 3 is 2.79 bits per heavy atom. The summed E-state index contributed by atoms with van der Waals surface area (Å²) in [4.78, 5) is 29.0. The number of nitrogens with zero attached hydrogens (tertiary/aromatic N) is 4. The van der Waals surface area contributed by atoms with E-state index >= 15 is 0 Å². The number of fused-ring (bicyclic) bond motifs is 1. The fourth-order valence-corrected chi connectivity index (χ4v) is 3.71. The Morgan fingerprint density at radius 2 is 2.07 bits per heavy atom. The lowest BCUT2D eigenvalue weighted by molar-refractivity contribution is 0.168. The number of para-hydroxylation sites is 1. The summed E-state index contributed by atoms with van der Waals surface area (Å²) in [6, 6.07) is 7.18. The number of aryl methyl sites for hydroxylation is 1. The van der Waals surface area contributed by atoms with Gasteiger partial charge in [-0.2, -0.15) is 9.47 Å². The van der Waals surface area contributed by atoms with Gasteiger partial charge in [-0.15, -0.1) is 0 Å². The van der Waals surface area contributed by atoms with Crippen LogP contribution in [0.4, 0.5) is 15.7 Å². The Kier molecular flexibility index (Phi) is 6.23. The van der Waals surface area contributed by atoms with Crippen molar-refractivity contribution in [2.24, 2.45) is 5.10 Å². The molecule has 0 saturated heterocycles. The summed E-state index contributed by atoms with van der Waals surface area (Å²) in [5.41, 5.74) is 5.36. The fraction of sp³-hybridized carbons (Fsp3) is 0.316. The first kappa shape index (κ1) is 20.5. The minimum atomic E-state index is -0.547. The second-order valence-corrected chi connectivity index (χ2v) is 6.90. The van der Waals surface area contributed by atoms with Crippen LogP contribution in [-0.4, -0.2) is 32.3 Å². The van der Waals surface area contributed by atoms with Crippen molar-refractivity contribution in [3.8, 4) is 0 Å². The van der Waals surface area contributed by atoms with E-state index in [1.807, 2.05) is 26.0 Å². The molecule has 0 atom stereocenters. The molecule has 0 bridgehead atoms. The van der Waals surface area contributed by atoms with Crippen molar-refractivity contribution in [3.63, 3.8) is 0 Å². The van der Waals surface area contributed by atoms with E-state index in [0.717, 1.165) is 17.2 Å². The summed E-state index contributed by atoms with van der Waals surface area (Å²) in [5.74, 6) is 0.344. The molecule has 2 heterocycles. The van der Waals surface area contributed by atoms with Crippen molar-refractivity contribution in [2.45, 2.75) is 34.2 Å². The van der Waals surface area contributed by atoms with Crippen LogP contribution in [-0.2, 0) is 11.3 Å². The van der Waals surface area contributed by atoms with Crippen LogP contribution in [0.1, 0.15) is 32.0 Å². The lowest BCUT2D eigenvalue weighted by atomic mass is 10.2. The van der Waals surface area contributed by atoms with E-state index in [1.54, 1.807) is 26.0 Å². The van der Waals surface area contributed by atoms with Gasteiger partial charge in [0.15, 0.2) is 0 Å². The topological polar surface area (TPSA) is 110 Å². The van der Waals surface area contributed by atoms with Crippen LogP contribution >= 0.6 is 11.5 Å². The predicted molar refractivity (Wildman–Crippen MR) is 115 cm³/mol. The summed E-state index contributed by atoms with van der Waals surface area (Å²) in [7, 11) is 0. The molecule has 1 amide bonds. The summed E-state index contributed by atoms with van der Waals surface area (Å²) < 4.78 is 10.7. The molecule has 0 radical (unpaired) electrons. The van der Waals surface area contributed by atoms with Crippen LogP contribution in [0.15, 0.2) is 34.2 Å². The number of rotatable bonds is 6. The molecular weight excluding hydrogens is 392 g/mol. The normalized spacial score (nSPS) is 11.5. The molecule has 10 heteroatoms. The maximum absolute atomic E-state index is 12.7. The molecule has 0 aliphatic rings. The van der Waals surface area contributed by atoms with E-state index in [4.69, 9.17) is 4.74 Å². The SMILES string of the molecule is CCOC(=O)Nc1snc(C)c1/C(C)=N/Nc1nc2ccccc2c(=O)n1CC. The maximum atomic E-state index is 12.7. The van der Waals surface area contributed by atoms with E-state index < -0.39 is 6.09 Å². The smallest absolute Gasteiger partial charge is 0.412 e. The first-order valence-electron chi connectivity index (χ1n) is 9.16. The van der Waals surface area contributed by atoms with Crippen LogP contribution in [0.25, 0.3) is 10.9 Å². The highest BCUT2D eigenvalue weighted by Gasteiger charge is 2.17. The van der Waals surface area contributed by atoms with Gasteiger partial charge in [-0.05, 0) is 51.4 Å². The summed E-state index contributed by atoms with van der Waals surface area (Å²) in [6.45, 7) is 7.94. The Balaban J connectivity index is 1.94. The van der Waals surface area contributed by atoms with Crippen molar-refractivity contribution >= 4 is 45.2 Å². The highest BCUT2D eigenvalue weighted by atomic mass is 32.1. The number of aromatic nitrogens is 3. The number of hydrogen-bond acceptors (Lipinski definition) is 8. The molecule has 1 aromatic carbocycles. The van der Waals surface area contributed by atoms with E-state index in [2.05, 4.69) is 25.2 Å².